The van der Waals surface area contributed by atoms with Crippen molar-refractivity contribution in [3.05, 3.63) is 64.9 Å². The zero-order valence-electron chi connectivity index (χ0n) is 17.0. The summed E-state index contributed by atoms with van der Waals surface area (Å²) in [5, 5.41) is 0. The minimum atomic E-state index is -0.324. The molecule has 1 heterocycles. The topological polar surface area (TPSA) is 55.8 Å². The van der Waals surface area contributed by atoms with E-state index in [1.165, 1.54) is 0 Å². The quantitative estimate of drug-likeness (QED) is 0.768. The molecule has 0 radical (unpaired) electrons. The van der Waals surface area contributed by atoms with E-state index < -0.39 is 0 Å². The predicted octanol–water partition coefficient (Wildman–Crippen LogP) is 4.54. The first kappa shape index (κ1) is 19.2. The third-order valence-electron chi connectivity index (χ3n) is 5.84. The Hall–Kier alpha value is -3.08. The number of hydrogen-bond acceptors (Lipinski definition) is 4. The lowest BCUT2D eigenvalue weighted by atomic mass is 9.76. The van der Waals surface area contributed by atoms with Crippen molar-refractivity contribution in [2.45, 2.75) is 38.5 Å². The molecule has 0 spiro atoms. The number of amides is 1. The Kier molecular flexibility index (Phi) is 5.14. The molecule has 5 heteroatoms. The number of carbonyl (C=O) groups is 2. The maximum Gasteiger partial charge on any atom is 0.232 e. The second-order valence-electron chi connectivity index (χ2n) is 7.52. The summed E-state index contributed by atoms with van der Waals surface area (Å²) in [6, 6.07) is 13.4. The molecule has 4 rings (SSSR count). The molecule has 0 unspecified atom stereocenters. The van der Waals surface area contributed by atoms with Gasteiger partial charge in [0, 0.05) is 35.6 Å². The molecule has 0 N–H and O–H groups in total. The van der Waals surface area contributed by atoms with Gasteiger partial charge in [-0.3, -0.25) is 14.5 Å². The van der Waals surface area contributed by atoms with Gasteiger partial charge >= 0.3 is 0 Å². The zero-order valence-corrected chi connectivity index (χ0v) is 17.0. The number of ketones is 1. The van der Waals surface area contributed by atoms with E-state index in [9.17, 15) is 9.59 Å². The molecular weight excluding hydrogens is 366 g/mol. The van der Waals surface area contributed by atoms with Crippen molar-refractivity contribution in [3.8, 4) is 11.5 Å². The Morgan fingerprint density at radius 3 is 2.52 bits per heavy atom. The minimum absolute atomic E-state index is 0.00243. The van der Waals surface area contributed by atoms with Crippen molar-refractivity contribution >= 4 is 17.4 Å². The molecule has 150 valence electrons. The van der Waals surface area contributed by atoms with Crippen LogP contribution in [0.2, 0.25) is 0 Å². The van der Waals surface area contributed by atoms with Crippen LogP contribution in [0.1, 0.15) is 42.7 Å². The second-order valence-corrected chi connectivity index (χ2v) is 7.52. The van der Waals surface area contributed by atoms with Crippen LogP contribution in [0.4, 0.5) is 5.69 Å². The lowest BCUT2D eigenvalue weighted by Gasteiger charge is -2.39. The SMILES string of the molecule is COc1ccc(OC)c([C@@H]2CC(=O)N(c3ccccc3C)C3=C2C(=O)CCC3)c1. The van der Waals surface area contributed by atoms with E-state index in [0.29, 0.717) is 24.3 Å². The molecule has 1 atom stereocenters. The fourth-order valence-electron chi connectivity index (χ4n) is 4.46. The van der Waals surface area contributed by atoms with Crippen molar-refractivity contribution < 1.29 is 19.1 Å². The van der Waals surface area contributed by atoms with Gasteiger partial charge in [-0.2, -0.15) is 0 Å². The van der Waals surface area contributed by atoms with Gasteiger partial charge in [-0.05, 0) is 49.6 Å². The Labute approximate surface area is 170 Å². The maximum atomic E-state index is 13.4. The van der Waals surface area contributed by atoms with Gasteiger partial charge in [0.2, 0.25) is 5.91 Å². The lowest BCUT2D eigenvalue weighted by Crippen LogP contribution is -2.41. The molecule has 2 aromatic rings. The van der Waals surface area contributed by atoms with E-state index in [0.717, 1.165) is 34.5 Å². The molecule has 2 aromatic carbocycles. The van der Waals surface area contributed by atoms with Crippen molar-refractivity contribution in [2.24, 2.45) is 0 Å². The highest BCUT2D eigenvalue weighted by Crippen LogP contribution is 2.46. The molecule has 0 aromatic heterocycles. The number of rotatable bonds is 4. The van der Waals surface area contributed by atoms with Crippen LogP contribution < -0.4 is 14.4 Å². The van der Waals surface area contributed by atoms with Crippen LogP contribution in [0.15, 0.2) is 53.7 Å². The zero-order chi connectivity index (χ0) is 20.5. The molecule has 0 saturated heterocycles. The van der Waals surface area contributed by atoms with Crippen LogP contribution in [0.25, 0.3) is 0 Å². The van der Waals surface area contributed by atoms with Crippen molar-refractivity contribution in [1.82, 2.24) is 0 Å². The highest BCUT2D eigenvalue weighted by atomic mass is 16.5. The summed E-state index contributed by atoms with van der Waals surface area (Å²) in [5.74, 6) is 1.14. The highest BCUT2D eigenvalue weighted by Gasteiger charge is 2.41. The largest absolute Gasteiger partial charge is 0.497 e. The fraction of sp³-hybridized carbons (Fsp3) is 0.333. The molecule has 1 aliphatic heterocycles. The number of methoxy groups -OCH3 is 2. The molecule has 0 saturated carbocycles. The van der Waals surface area contributed by atoms with Gasteiger partial charge in [0.25, 0.3) is 0 Å². The van der Waals surface area contributed by atoms with Gasteiger partial charge in [0.05, 0.1) is 19.9 Å². The summed E-state index contributed by atoms with van der Waals surface area (Å²) in [7, 11) is 3.21. The Bertz CT molecular complexity index is 1010. The summed E-state index contributed by atoms with van der Waals surface area (Å²) >= 11 is 0. The molecule has 5 nitrogen and oxygen atoms in total. The first-order valence-electron chi connectivity index (χ1n) is 9.92. The third-order valence-corrected chi connectivity index (χ3v) is 5.84. The Balaban J connectivity index is 1.91. The fourth-order valence-corrected chi connectivity index (χ4v) is 4.46. The predicted molar refractivity (Wildman–Crippen MR) is 111 cm³/mol. The highest BCUT2D eigenvalue weighted by molar-refractivity contribution is 6.07. The van der Waals surface area contributed by atoms with E-state index in [1.807, 2.05) is 49.4 Å². The first-order valence-corrected chi connectivity index (χ1v) is 9.92. The number of nitrogens with zero attached hydrogens (tertiary/aromatic N) is 1. The number of hydrogen-bond donors (Lipinski definition) is 0. The molecular formula is C24H25NO4. The number of para-hydroxylation sites is 1. The van der Waals surface area contributed by atoms with Crippen molar-refractivity contribution in [3.63, 3.8) is 0 Å². The average molecular weight is 391 g/mol. The smallest absolute Gasteiger partial charge is 0.232 e. The third kappa shape index (κ3) is 3.31. The minimum Gasteiger partial charge on any atom is -0.497 e. The summed E-state index contributed by atoms with van der Waals surface area (Å²) in [4.78, 5) is 28.2. The summed E-state index contributed by atoms with van der Waals surface area (Å²) in [6.07, 6.45) is 2.21. The normalized spacial score (nSPS) is 19.3. The number of Topliss-reactive ketones (excluding diaryl/α,β-unsaturated/α-hetero) is 1. The number of carbonyl (C=O) groups excluding carboxylic acids is 2. The molecule has 1 aliphatic carbocycles. The number of anilines is 1. The number of aryl methyl sites for hydroxylation is 1. The Morgan fingerprint density at radius 2 is 1.79 bits per heavy atom. The molecule has 0 bridgehead atoms. The van der Waals surface area contributed by atoms with Crippen LogP contribution in [0.5, 0.6) is 11.5 Å². The molecule has 29 heavy (non-hydrogen) atoms. The van der Waals surface area contributed by atoms with Crippen LogP contribution in [-0.2, 0) is 9.59 Å². The number of allylic oxidation sites excluding steroid dienone is 2. The summed E-state index contributed by atoms with van der Waals surface area (Å²) in [6.45, 7) is 1.99. The average Bonchev–Trinajstić information content (AvgIpc) is 2.73. The second kappa shape index (κ2) is 7.74. The number of ether oxygens (including phenoxy) is 2. The number of benzene rings is 2. The van der Waals surface area contributed by atoms with E-state index >= 15 is 0 Å². The van der Waals surface area contributed by atoms with E-state index in [1.54, 1.807) is 19.1 Å². The van der Waals surface area contributed by atoms with Gasteiger partial charge in [-0.25, -0.2) is 0 Å². The van der Waals surface area contributed by atoms with Gasteiger partial charge in [0.15, 0.2) is 5.78 Å². The van der Waals surface area contributed by atoms with Gasteiger partial charge in [0.1, 0.15) is 11.5 Å². The maximum absolute atomic E-state index is 13.4. The standard InChI is InChI=1S/C24H25NO4/c1-15-7-4-5-8-19(15)25-20-9-6-10-21(26)24(20)18(14-23(25)27)17-13-16(28-2)11-12-22(17)29-3/h4-5,7-8,11-13,18H,6,9-10,14H2,1-3H3/t18-/m0/s1. The summed E-state index contributed by atoms with van der Waals surface area (Å²) < 4.78 is 11.0. The van der Waals surface area contributed by atoms with Gasteiger partial charge in [-0.1, -0.05) is 18.2 Å². The van der Waals surface area contributed by atoms with Gasteiger partial charge in [-0.15, -0.1) is 0 Å². The van der Waals surface area contributed by atoms with Crippen LogP contribution in [0.3, 0.4) is 0 Å². The van der Waals surface area contributed by atoms with Crippen LogP contribution in [-0.4, -0.2) is 25.9 Å². The molecule has 2 aliphatic rings. The first-order chi connectivity index (χ1) is 14.0. The molecule has 1 amide bonds. The van der Waals surface area contributed by atoms with E-state index in [4.69, 9.17) is 9.47 Å². The lowest BCUT2D eigenvalue weighted by molar-refractivity contribution is -0.119. The van der Waals surface area contributed by atoms with E-state index in [-0.39, 0.29) is 24.0 Å². The Morgan fingerprint density at radius 1 is 1.00 bits per heavy atom. The van der Waals surface area contributed by atoms with Crippen LogP contribution >= 0.6 is 0 Å². The van der Waals surface area contributed by atoms with Crippen molar-refractivity contribution in [1.29, 1.82) is 0 Å². The van der Waals surface area contributed by atoms with Gasteiger partial charge < -0.3 is 9.47 Å². The van der Waals surface area contributed by atoms with Crippen LogP contribution in [0, 0.1) is 6.92 Å². The monoisotopic (exact) mass is 391 g/mol. The van der Waals surface area contributed by atoms with Crippen molar-refractivity contribution in [2.75, 3.05) is 19.1 Å². The summed E-state index contributed by atoms with van der Waals surface area (Å²) in [5.41, 5.74) is 4.28. The molecule has 0 fully saturated rings. The van der Waals surface area contributed by atoms with E-state index in [2.05, 4.69) is 0 Å².